The standard InChI is InChI=1S/C5H10B11.C2H6/c1-5-3-2-4-12(5)16(14(9)10)15(11-6)13(7)8;1-2/h5H,2-4H2,1H3;1-2H3/t5-;/m1./s1. The molecule has 0 nitrogen and oxygen atoms in total. The Hall–Kier alpha value is 0.714. The third kappa shape index (κ3) is 5.01. The minimum absolute atomic E-state index is 0.0856. The van der Waals surface area contributed by atoms with Crippen LogP contribution in [-0.2, 0) is 0 Å². The van der Waals surface area contributed by atoms with Crippen molar-refractivity contribution in [2.75, 3.05) is 0 Å². The van der Waals surface area contributed by atoms with Crippen molar-refractivity contribution in [3.63, 3.8) is 0 Å². The van der Waals surface area contributed by atoms with Gasteiger partial charge in [0.2, 0.25) is 0 Å². The van der Waals surface area contributed by atoms with E-state index in [1.807, 2.05) is 13.8 Å². The van der Waals surface area contributed by atoms with Crippen LogP contribution in [0.2, 0.25) is 12.1 Å². The summed E-state index contributed by atoms with van der Waals surface area (Å²) < 4.78 is 0. The molecule has 1 aliphatic heterocycles. The lowest BCUT2D eigenvalue weighted by Crippen LogP contribution is -2.68. The van der Waals surface area contributed by atoms with Crippen LogP contribution >= 0.6 is 0 Å². The summed E-state index contributed by atoms with van der Waals surface area (Å²) in [5.41, 5.74) is 0. The highest BCUT2D eigenvalue weighted by Gasteiger charge is 2.41. The van der Waals surface area contributed by atoms with E-state index in [1.165, 1.54) is 12.8 Å². The molecule has 1 aliphatic rings. The molecule has 0 aromatic carbocycles. The van der Waals surface area contributed by atoms with Crippen molar-refractivity contribution >= 4 is 77.9 Å². The van der Waals surface area contributed by atoms with E-state index in [9.17, 15) is 0 Å². The van der Waals surface area contributed by atoms with Crippen molar-refractivity contribution in [3.05, 3.63) is 0 Å². The lowest BCUT2D eigenvalue weighted by atomic mass is 8.53. The number of rotatable bonds is 5. The first-order valence-electron chi connectivity index (χ1n) is 7.06. The van der Waals surface area contributed by atoms with Crippen LogP contribution in [-0.4, -0.2) is 77.9 Å². The Morgan fingerprint density at radius 2 is 1.67 bits per heavy atom. The zero-order valence-corrected chi connectivity index (χ0v) is 12.0. The second-order valence-corrected chi connectivity index (χ2v) is 5.07. The van der Waals surface area contributed by atoms with Gasteiger partial charge in [-0.3, -0.25) is 0 Å². The van der Waals surface area contributed by atoms with E-state index in [0.717, 1.165) is 6.32 Å². The van der Waals surface area contributed by atoms with Gasteiger partial charge < -0.3 is 0 Å². The van der Waals surface area contributed by atoms with Crippen LogP contribution in [0.15, 0.2) is 0 Å². The van der Waals surface area contributed by atoms with Crippen LogP contribution in [0, 0.1) is 0 Å². The molecule has 0 saturated carbocycles. The quantitative estimate of drug-likeness (QED) is 0.516. The maximum atomic E-state index is 5.88. The van der Waals surface area contributed by atoms with E-state index < -0.39 is 12.8 Å². The van der Waals surface area contributed by atoms with E-state index in [4.69, 9.17) is 38.7 Å². The van der Waals surface area contributed by atoms with Crippen LogP contribution in [0.4, 0.5) is 0 Å². The van der Waals surface area contributed by atoms with Gasteiger partial charge in [0.15, 0.2) is 0 Å². The van der Waals surface area contributed by atoms with Crippen LogP contribution in [0.5, 0.6) is 0 Å². The zero-order valence-electron chi connectivity index (χ0n) is 12.0. The average Bonchev–Trinajstić information content (AvgIpc) is 2.73. The van der Waals surface area contributed by atoms with Gasteiger partial charge in [-0.25, -0.2) is 0 Å². The summed E-state index contributed by atoms with van der Waals surface area (Å²) in [6.45, 7) is 6.72. The Morgan fingerprint density at radius 1 is 1.11 bits per heavy atom. The van der Waals surface area contributed by atoms with Gasteiger partial charge in [0, 0.05) is 71.3 Å². The zero-order chi connectivity index (χ0) is 14.3. The minimum Gasteiger partial charge on any atom is -0.0815 e. The molecule has 1 fully saturated rings. The maximum Gasteiger partial charge on any atom is 0.0938 e. The van der Waals surface area contributed by atoms with Crippen LogP contribution in [0.1, 0.15) is 33.6 Å². The van der Waals surface area contributed by atoms with Gasteiger partial charge in [-0.15, -0.1) is 0 Å². The molecule has 18 heavy (non-hydrogen) atoms. The summed E-state index contributed by atoms with van der Waals surface area (Å²) in [4.78, 5) is 0. The molecule has 1 atom stereocenters. The Labute approximate surface area is 124 Å². The average molecular weight is 219 g/mol. The highest BCUT2D eigenvalue weighted by molar-refractivity contribution is 8.03. The molecule has 1 saturated heterocycles. The van der Waals surface area contributed by atoms with E-state index in [2.05, 4.69) is 6.92 Å². The van der Waals surface area contributed by atoms with E-state index in [-0.39, 0.29) is 12.8 Å². The molecule has 0 unspecified atom stereocenters. The summed E-state index contributed by atoms with van der Waals surface area (Å²) in [5, 5.41) is 0. The minimum atomic E-state index is -0.489. The third-order valence-corrected chi connectivity index (χ3v) is 3.98. The Kier molecular flexibility index (Phi) is 9.97. The van der Waals surface area contributed by atoms with Gasteiger partial charge in [0.25, 0.3) is 0 Å². The predicted octanol–water partition coefficient (Wildman–Crippen LogP) is -1.07. The highest BCUT2D eigenvalue weighted by atomic mass is 14.0. The Morgan fingerprint density at radius 3 is 1.94 bits per heavy atom. The monoisotopic (exact) mass is 221 g/mol. The first-order valence-corrected chi connectivity index (χ1v) is 7.06. The van der Waals surface area contributed by atoms with Crippen LogP contribution < -0.4 is 0 Å². The molecule has 77 valence electrons. The number of hydrogen-bond acceptors (Lipinski definition) is 0. The molecule has 0 spiro atoms. The lowest BCUT2D eigenvalue weighted by Gasteiger charge is -2.33. The van der Waals surface area contributed by atoms with Gasteiger partial charge in [-0.1, -0.05) is 45.8 Å². The topological polar surface area (TPSA) is 0 Å². The molecule has 0 aliphatic carbocycles. The fourth-order valence-corrected chi connectivity index (χ4v) is 3.09. The molecule has 0 aromatic rings. The molecule has 0 bridgehead atoms. The summed E-state index contributed by atoms with van der Waals surface area (Å²) in [7, 11) is 30.5. The first-order chi connectivity index (χ1) is 8.49. The molecular formula is C7H16B11. The van der Waals surface area contributed by atoms with Crippen LogP contribution in [0.25, 0.3) is 0 Å². The summed E-state index contributed by atoms with van der Waals surface area (Å²) in [6, 6.07) is 0. The van der Waals surface area contributed by atoms with Gasteiger partial charge in [-0.2, -0.15) is 0 Å². The number of hydrogen-bond donors (Lipinski definition) is 0. The molecular weight excluding hydrogens is 203 g/mol. The second-order valence-electron chi connectivity index (χ2n) is 5.07. The summed E-state index contributed by atoms with van der Waals surface area (Å²) in [6.07, 6.45) is 2.68. The third-order valence-electron chi connectivity index (χ3n) is 3.98. The largest absolute Gasteiger partial charge is 0.0938 e. The maximum absolute atomic E-state index is 5.88. The molecule has 0 aromatic heterocycles. The van der Waals surface area contributed by atoms with Crippen LogP contribution in [0.3, 0.4) is 0 Å². The van der Waals surface area contributed by atoms with Crippen molar-refractivity contribution in [1.29, 1.82) is 0 Å². The molecule has 11 heteroatoms. The Balaban J connectivity index is 0.00000137. The van der Waals surface area contributed by atoms with Gasteiger partial charge in [-0.05, 0) is 0 Å². The van der Waals surface area contributed by atoms with Gasteiger partial charge in [0.1, 0.15) is 0 Å². The first kappa shape index (κ1) is 18.7. The van der Waals surface area contributed by atoms with Crippen molar-refractivity contribution in [2.24, 2.45) is 0 Å². The van der Waals surface area contributed by atoms with Crippen molar-refractivity contribution in [1.82, 2.24) is 0 Å². The smallest absolute Gasteiger partial charge is 0.0815 e. The normalized spacial score (nSPS) is 17.5. The molecule has 0 N–H and O–H groups in total. The molecule has 0 amide bonds. The van der Waals surface area contributed by atoms with Crippen molar-refractivity contribution in [3.8, 4) is 0 Å². The van der Waals surface area contributed by atoms with Crippen molar-refractivity contribution in [2.45, 2.75) is 45.8 Å². The van der Waals surface area contributed by atoms with Gasteiger partial charge in [0.05, 0.1) is 6.60 Å². The predicted molar refractivity (Wildman–Crippen MR) is 98.1 cm³/mol. The van der Waals surface area contributed by atoms with E-state index in [1.54, 1.807) is 7.06 Å². The van der Waals surface area contributed by atoms with E-state index in [0.29, 0.717) is 12.4 Å². The van der Waals surface area contributed by atoms with Gasteiger partial charge >= 0.3 is 0 Å². The fourth-order valence-electron chi connectivity index (χ4n) is 3.09. The highest BCUT2D eigenvalue weighted by Crippen LogP contribution is 2.31. The fraction of sp³-hybridized carbons (Fsp3) is 1.00. The SMILES string of the molecule is CC.[B][B]B(B([B])[B])B(B([B])[B])B1CCC[C@H]1C. The second kappa shape index (κ2) is 9.59. The lowest BCUT2D eigenvalue weighted by molar-refractivity contribution is 0.820. The molecule has 11 radical (unpaired) electrons. The van der Waals surface area contributed by atoms with Crippen molar-refractivity contribution < 1.29 is 0 Å². The molecule has 1 rings (SSSR count). The molecule has 1 heterocycles. The Bertz CT molecular complexity index is 208. The van der Waals surface area contributed by atoms with E-state index >= 15 is 0 Å². The summed E-state index contributed by atoms with van der Waals surface area (Å²) >= 11 is 0. The summed E-state index contributed by atoms with van der Waals surface area (Å²) in [5.74, 6) is 0.626.